The zero-order valence-electron chi connectivity index (χ0n) is 54.2. The number of hydrogen-bond donors (Lipinski definition) is 1. The first-order valence-electron chi connectivity index (χ1n) is 31.8. The molecule has 7 aromatic carbocycles. The van der Waals surface area contributed by atoms with Crippen LogP contribution in [0.15, 0.2) is 176 Å². The van der Waals surface area contributed by atoms with Crippen LogP contribution in [0.3, 0.4) is 0 Å². The molecule has 2 heterocycles. The van der Waals surface area contributed by atoms with E-state index in [9.17, 15) is 85.4 Å². The van der Waals surface area contributed by atoms with Gasteiger partial charge in [0.25, 0.3) is 0 Å². The van der Waals surface area contributed by atoms with Gasteiger partial charge in [-0.1, -0.05) is 138 Å². The summed E-state index contributed by atoms with van der Waals surface area (Å²) in [5, 5.41) is 3.09. The average Bonchev–Trinajstić information content (AvgIpc) is 1.72. The third-order valence-electron chi connectivity index (χ3n) is 18.1. The Morgan fingerprint density at radius 3 is 1.35 bits per heavy atom. The fraction of sp³-hybridized carbons (Fsp3) is 0.365. The molecule has 0 bridgehead atoms. The van der Waals surface area contributed by atoms with Gasteiger partial charge >= 0.3 is 42.7 Å². The average molecular weight is 1540 g/mol. The van der Waals surface area contributed by atoms with Crippen LogP contribution in [0, 0.1) is 23.5 Å². The number of carbonyl (C=O) groups excluding carboxylic acids is 5. The van der Waals surface area contributed by atoms with Gasteiger partial charge in [-0.05, 0) is 142 Å². The Morgan fingerprint density at radius 2 is 0.941 bits per heavy atom. The van der Waals surface area contributed by atoms with Gasteiger partial charge in [-0.15, -0.1) is 0 Å². The Bertz CT molecular complexity index is 3950. The number of benzene rings is 7. The van der Waals surface area contributed by atoms with E-state index < -0.39 is 149 Å². The summed E-state index contributed by atoms with van der Waals surface area (Å²) in [6, 6.07) is 40.3. The highest BCUT2D eigenvalue weighted by Crippen LogP contribution is 2.49. The highest BCUT2D eigenvalue weighted by Gasteiger charge is 2.51. The molecule has 11 rings (SSSR count). The lowest BCUT2D eigenvalue weighted by Crippen LogP contribution is -2.46. The van der Waals surface area contributed by atoms with E-state index in [4.69, 9.17) is 23.7 Å². The summed E-state index contributed by atoms with van der Waals surface area (Å²) < 4.78 is 216. The second-order valence-corrected chi connectivity index (χ2v) is 25.8. The van der Waals surface area contributed by atoms with Crippen LogP contribution in [0.5, 0.6) is 0 Å². The van der Waals surface area contributed by atoms with E-state index in [1.807, 2.05) is 83.3 Å². The fourth-order valence-electron chi connectivity index (χ4n) is 12.9. The van der Waals surface area contributed by atoms with Crippen molar-refractivity contribution in [3.8, 4) is 0 Å². The Balaban J connectivity index is 0.000000186. The predicted octanol–water partition coefficient (Wildman–Crippen LogP) is 18.8. The van der Waals surface area contributed by atoms with Crippen LogP contribution >= 0.6 is 22.6 Å². The van der Waals surface area contributed by atoms with Crippen molar-refractivity contribution in [1.29, 1.82) is 0 Å². The number of ketones is 2. The van der Waals surface area contributed by atoms with E-state index in [-0.39, 0.29) is 65.1 Å². The van der Waals surface area contributed by atoms with Gasteiger partial charge in [0, 0.05) is 41.2 Å². The van der Waals surface area contributed by atoms with E-state index >= 15 is 0 Å². The zero-order valence-corrected chi connectivity index (χ0v) is 56.4. The third-order valence-corrected chi connectivity index (χ3v) is 18.8. The first-order chi connectivity index (χ1) is 47.5. The highest BCUT2D eigenvalue weighted by molar-refractivity contribution is 14.1. The van der Waals surface area contributed by atoms with Crippen molar-refractivity contribution < 1.29 is 109 Å². The molecule has 7 aromatic rings. The maximum atomic E-state index is 13.8. The number of Topliss-reactive ketones (excluding diaryl/α,β-unsaturated/α-hetero) is 2. The van der Waals surface area contributed by atoms with E-state index in [1.165, 1.54) is 67.3 Å². The molecule has 4 fully saturated rings. The number of carbonyl (C=O) groups is 5. The lowest BCUT2D eigenvalue weighted by atomic mass is 9.81. The lowest BCUT2D eigenvalue weighted by molar-refractivity contribution is -0.147. The summed E-state index contributed by atoms with van der Waals surface area (Å²) in [7, 11) is 0. The summed E-state index contributed by atoms with van der Waals surface area (Å²) >= 11 is 1.94. The quantitative estimate of drug-likeness (QED) is 0.0305. The van der Waals surface area contributed by atoms with Gasteiger partial charge in [0.05, 0.1) is 51.1 Å². The molecule has 0 spiro atoms. The van der Waals surface area contributed by atoms with Gasteiger partial charge in [-0.3, -0.25) is 19.8 Å². The molecule has 0 radical (unpaired) electrons. The molecule has 2 saturated heterocycles. The van der Waals surface area contributed by atoms with Crippen LogP contribution in [0.25, 0.3) is 0 Å². The number of hydrogen-bond acceptors (Lipinski definition) is 11. The number of esters is 2. The number of alkyl halides is 13. The SMILES string of the molecule is C[C@@H](O[C@H]1CC[C@@H](C(=O)CI)[C@@H]1c1ccc(F)cc1)c1cc(C(F)(F)F)cc(C(F)(F)F)c1.C[C@@H](O[C@H]1CC[C@@H](C(=O)C[C@@]2(C)N[C@H](c3ccccc3)OC2=O)[C@@H]1c1ccc(F)cc1)c1cc(C(F)(F)F)cc(C(F)(F)F)c1.C[C@H]1C(=O)O[C@@H](c2ccccc2)N1C(=O)OCc1ccccc1. The Hall–Kier alpha value is -8.28. The van der Waals surface area contributed by atoms with Crippen molar-refractivity contribution in [2.75, 3.05) is 4.43 Å². The molecular formula is C74H67F14IN2O10. The molecule has 101 heavy (non-hydrogen) atoms. The molecule has 1 N–H and O–H groups in total. The summed E-state index contributed by atoms with van der Waals surface area (Å²) in [5.41, 5.74) is -4.25. The van der Waals surface area contributed by atoms with Gasteiger partial charge in [0.2, 0.25) is 6.23 Å². The minimum Gasteiger partial charge on any atom is -0.444 e. The maximum Gasteiger partial charge on any atom is 0.416 e. The van der Waals surface area contributed by atoms with Gasteiger partial charge < -0.3 is 23.7 Å². The number of nitrogens with zero attached hydrogens (tertiary/aromatic N) is 1. The van der Waals surface area contributed by atoms with Gasteiger partial charge in [-0.25, -0.2) is 23.2 Å². The van der Waals surface area contributed by atoms with Gasteiger partial charge in [0.15, 0.2) is 6.23 Å². The lowest BCUT2D eigenvalue weighted by Gasteiger charge is -2.29. The van der Waals surface area contributed by atoms with Crippen molar-refractivity contribution in [2.45, 2.75) is 151 Å². The molecule has 1 amide bonds. The van der Waals surface area contributed by atoms with Crippen molar-refractivity contribution in [3.63, 3.8) is 0 Å². The van der Waals surface area contributed by atoms with Gasteiger partial charge in [-0.2, -0.15) is 52.7 Å². The van der Waals surface area contributed by atoms with Gasteiger partial charge in [0.1, 0.15) is 41.4 Å². The minimum atomic E-state index is -5.03. The van der Waals surface area contributed by atoms with Crippen LogP contribution < -0.4 is 5.32 Å². The number of amides is 1. The number of cyclic esters (lactones) is 2. The van der Waals surface area contributed by atoms with Crippen molar-refractivity contribution in [3.05, 3.63) is 249 Å². The minimum absolute atomic E-state index is 0.0397. The normalized spacial score (nSPS) is 23.6. The zero-order chi connectivity index (χ0) is 73.5. The molecule has 4 aliphatic rings. The number of ether oxygens (including phenoxy) is 5. The van der Waals surface area contributed by atoms with E-state index in [0.29, 0.717) is 53.8 Å². The summed E-state index contributed by atoms with van der Waals surface area (Å²) in [4.78, 5) is 64.9. The number of halogens is 15. The first-order valence-corrected chi connectivity index (χ1v) is 33.4. The molecule has 12 atom stereocenters. The summed E-state index contributed by atoms with van der Waals surface area (Å²) in [5.74, 6) is -4.77. The van der Waals surface area contributed by atoms with Crippen LogP contribution in [0.2, 0.25) is 0 Å². The predicted molar refractivity (Wildman–Crippen MR) is 347 cm³/mol. The summed E-state index contributed by atoms with van der Waals surface area (Å²) in [6.45, 7) is 6.06. The highest BCUT2D eigenvalue weighted by atomic mass is 127. The Labute approximate surface area is 585 Å². The number of nitrogens with one attached hydrogen (secondary N) is 1. The Kier molecular flexibility index (Phi) is 24.3. The van der Waals surface area contributed by atoms with Crippen molar-refractivity contribution in [1.82, 2.24) is 10.2 Å². The van der Waals surface area contributed by atoms with E-state index in [0.717, 1.165) is 11.1 Å². The molecule has 2 aliphatic carbocycles. The fourth-order valence-corrected chi connectivity index (χ4v) is 13.5. The second-order valence-electron chi connectivity index (χ2n) is 25.1. The van der Waals surface area contributed by atoms with Crippen LogP contribution in [-0.2, 0) is 74.2 Å². The standard InChI is InChI=1S/C33H30F7NO4.C23H20F7IO2.C18H17NO4/c1-18(21-14-22(32(35,36)37)16-23(15-21)33(38,39)40)44-27-13-12-25(28(27)19-8-10-24(34)11-9-19)26(42)17-31(2)30(43)45-29(41-31)20-6-4-3-5-7-20;1-12(14-8-15(22(25,26)27)10-16(9-14)23(28,29)30)33-20-7-6-18(19(32)11-31)21(20)13-2-4-17(24)5-3-13;1-13-17(20)23-16(15-10-6-3-7-11-15)19(13)18(21)22-12-14-8-4-2-5-9-14/h3-11,14-16,18,25,27-29,41H,12-13,17H2,1-2H3;2-5,8-10,12,18,20-21H,6-7,11H2,1H3;2-11,13,16H,12H2,1H3/t18-,25+,27+,28+,29+,31-;12-,18+,20+,21+;13-,16-/m110/s1. The molecule has 27 heteroatoms. The number of rotatable bonds is 17. The van der Waals surface area contributed by atoms with Crippen LogP contribution in [-0.4, -0.2) is 62.7 Å². The van der Waals surface area contributed by atoms with E-state index in [2.05, 4.69) is 5.32 Å². The largest absolute Gasteiger partial charge is 0.444 e. The smallest absolute Gasteiger partial charge is 0.416 e. The first kappa shape index (κ1) is 76.9. The van der Waals surface area contributed by atoms with Crippen molar-refractivity contribution in [2.24, 2.45) is 11.8 Å². The molecule has 2 aliphatic heterocycles. The molecule has 12 nitrogen and oxygen atoms in total. The molecule has 2 saturated carbocycles. The van der Waals surface area contributed by atoms with Crippen molar-refractivity contribution >= 4 is 52.2 Å². The molecular weight excluding hydrogens is 1470 g/mol. The van der Waals surface area contributed by atoms with Crippen LogP contribution in [0.4, 0.5) is 66.3 Å². The maximum absolute atomic E-state index is 13.8. The topological polar surface area (TPSA) is 147 Å². The molecule has 538 valence electrons. The van der Waals surface area contributed by atoms with E-state index in [1.54, 1.807) is 44.2 Å². The molecule has 0 unspecified atom stereocenters. The summed E-state index contributed by atoms with van der Waals surface area (Å²) in [6.07, 6.45) is -24.7. The Morgan fingerprint density at radius 1 is 0.545 bits per heavy atom. The molecule has 0 aromatic heterocycles. The van der Waals surface area contributed by atoms with Crippen LogP contribution in [0.1, 0.15) is 157 Å². The third kappa shape index (κ3) is 19.1. The monoisotopic (exact) mass is 1540 g/mol. The second kappa shape index (κ2) is 31.9.